The number of nitrogens with zero attached hydrogens (tertiary/aromatic N) is 1. The molecule has 1 heterocycles. The third-order valence-electron chi connectivity index (χ3n) is 4.25. The molecular weight excluding hydrogens is 388 g/mol. The number of rotatable bonds is 7. The van der Waals surface area contributed by atoms with Gasteiger partial charge in [-0.1, -0.05) is 29.8 Å². The number of hydrogen-bond donors (Lipinski definition) is 1. The van der Waals surface area contributed by atoms with Crippen molar-refractivity contribution in [2.45, 2.75) is 18.2 Å². The first-order valence-corrected chi connectivity index (χ1v) is 10.5. The number of benzene rings is 2. The lowest BCUT2D eigenvalue weighted by Gasteiger charge is -2.31. The van der Waals surface area contributed by atoms with Gasteiger partial charge in [0.05, 0.1) is 10.6 Å². The number of nitrogens with one attached hydrogen (secondary N) is 1. The summed E-state index contributed by atoms with van der Waals surface area (Å²) < 4.78 is 32.6. The van der Waals surface area contributed by atoms with Gasteiger partial charge in [0.15, 0.2) is 0 Å². The summed E-state index contributed by atoms with van der Waals surface area (Å²) in [5, 5.41) is 3.24. The Morgan fingerprint density at radius 3 is 2.74 bits per heavy atom. The summed E-state index contributed by atoms with van der Waals surface area (Å²) >= 11 is 6.12. The minimum atomic E-state index is -3.84. The summed E-state index contributed by atoms with van der Waals surface area (Å²) in [6.45, 7) is 3.21. The molecule has 0 aliphatic carbocycles. The fraction of sp³-hybridized carbons (Fsp3) is 0.316. The second-order valence-electron chi connectivity index (χ2n) is 6.07. The van der Waals surface area contributed by atoms with Crippen molar-refractivity contribution in [2.75, 3.05) is 30.6 Å². The van der Waals surface area contributed by atoms with Gasteiger partial charge in [0.25, 0.3) is 10.0 Å². The van der Waals surface area contributed by atoms with Crippen molar-refractivity contribution in [3.63, 3.8) is 0 Å². The number of hydrogen-bond acceptors (Lipinski definition) is 4. The molecule has 0 bridgehead atoms. The molecule has 0 aromatic heterocycles. The third kappa shape index (κ3) is 4.10. The number of carbonyl (C=O) groups is 1. The predicted molar refractivity (Wildman–Crippen MR) is 106 cm³/mol. The standard InChI is InChI=1S/C19H21ClN2O4S/c1-2-26-11-5-10-21-19(23)13-22-17-9-8-14(20)12-16(17)15-6-3-4-7-18(15)27(22,24)25/h3-4,6-9,12H,2,5,10-11,13H2,1H3,(H,21,23). The molecule has 1 amide bonds. The van der Waals surface area contributed by atoms with Gasteiger partial charge in [-0.05, 0) is 37.6 Å². The van der Waals surface area contributed by atoms with Crippen LogP contribution in [-0.4, -0.2) is 40.6 Å². The van der Waals surface area contributed by atoms with Crippen molar-refractivity contribution in [1.82, 2.24) is 5.32 Å². The maximum absolute atomic E-state index is 13.1. The summed E-state index contributed by atoms with van der Waals surface area (Å²) in [6.07, 6.45) is 0.668. The van der Waals surface area contributed by atoms with Gasteiger partial charge in [0.1, 0.15) is 6.54 Å². The normalized spacial score (nSPS) is 14.4. The highest BCUT2D eigenvalue weighted by Crippen LogP contribution is 2.43. The second kappa shape index (κ2) is 8.29. The summed E-state index contributed by atoms with van der Waals surface area (Å²) in [6, 6.07) is 11.7. The third-order valence-corrected chi connectivity index (χ3v) is 6.30. The van der Waals surface area contributed by atoms with E-state index in [9.17, 15) is 13.2 Å². The molecule has 0 saturated carbocycles. The molecule has 1 N–H and O–H groups in total. The lowest BCUT2D eigenvalue weighted by Crippen LogP contribution is -2.42. The largest absolute Gasteiger partial charge is 0.382 e. The summed E-state index contributed by atoms with van der Waals surface area (Å²) in [7, 11) is -3.84. The van der Waals surface area contributed by atoms with Crippen LogP contribution in [0, 0.1) is 0 Å². The van der Waals surface area contributed by atoms with E-state index in [1.807, 2.05) is 6.92 Å². The van der Waals surface area contributed by atoms with Gasteiger partial charge >= 0.3 is 0 Å². The quantitative estimate of drug-likeness (QED) is 0.714. The fourth-order valence-corrected chi connectivity index (χ4v) is 4.83. The number of ether oxygens (including phenoxy) is 1. The zero-order valence-corrected chi connectivity index (χ0v) is 16.5. The van der Waals surface area contributed by atoms with Crippen molar-refractivity contribution in [1.29, 1.82) is 0 Å². The Morgan fingerprint density at radius 2 is 1.96 bits per heavy atom. The van der Waals surface area contributed by atoms with Crippen LogP contribution in [0.25, 0.3) is 11.1 Å². The highest BCUT2D eigenvalue weighted by Gasteiger charge is 2.35. The molecule has 3 rings (SSSR count). The van der Waals surface area contributed by atoms with Crippen LogP contribution >= 0.6 is 11.6 Å². The van der Waals surface area contributed by atoms with Gasteiger partial charge in [-0.2, -0.15) is 0 Å². The smallest absolute Gasteiger partial charge is 0.265 e. The van der Waals surface area contributed by atoms with E-state index < -0.39 is 10.0 Å². The van der Waals surface area contributed by atoms with Gasteiger partial charge in [0.2, 0.25) is 5.91 Å². The molecule has 0 atom stereocenters. The molecule has 2 aromatic rings. The van der Waals surface area contributed by atoms with Crippen LogP contribution < -0.4 is 9.62 Å². The zero-order chi connectivity index (χ0) is 19.4. The number of amides is 1. The van der Waals surface area contributed by atoms with Crippen molar-refractivity contribution >= 4 is 33.2 Å². The number of fused-ring (bicyclic) bond motifs is 3. The van der Waals surface area contributed by atoms with Gasteiger partial charge in [-0.3, -0.25) is 9.10 Å². The van der Waals surface area contributed by atoms with E-state index in [1.165, 1.54) is 0 Å². The number of anilines is 1. The van der Waals surface area contributed by atoms with E-state index >= 15 is 0 Å². The van der Waals surface area contributed by atoms with Gasteiger partial charge in [-0.15, -0.1) is 0 Å². The van der Waals surface area contributed by atoms with Crippen LogP contribution in [0.4, 0.5) is 5.69 Å². The number of halogens is 1. The Kier molecular flexibility index (Phi) is 6.04. The fourth-order valence-electron chi connectivity index (χ4n) is 3.01. The first kappa shape index (κ1) is 19.7. The summed E-state index contributed by atoms with van der Waals surface area (Å²) in [5.41, 5.74) is 1.73. The maximum atomic E-state index is 13.1. The lowest BCUT2D eigenvalue weighted by atomic mass is 10.0. The minimum absolute atomic E-state index is 0.170. The van der Waals surface area contributed by atoms with Crippen LogP contribution in [0.5, 0.6) is 0 Å². The topological polar surface area (TPSA) is 75.7 Å². The van der Waals surface area contributed by atoms with Crippen LogP contribution in [0.3, 0.4) is 0 Å². The van der Waals surface area contributed by atoms with Crippen molar-refractivity contribution in [3.05, 3.63) is 47.5 Å². The first-order valence-electron chi connectivity index (χ1n) is 8.71. The number of carbonyl (C=O) groups excluding carboxylic acids is 1. The highest BCUT2D eigenvalue weighted by atomic mass is 35.5. The van der Waals surface area contributed by atoms with Crippen molar-refractivity contribution < 1.29 is 17.9 Å². The molecule has 27 heavy (non-hydrogen) atoms. The molecule has 0 radical (unpaired) electrons. The minimum Gasteiger partial charge on any atom is -0.382 e. The molecule has 8 heteroatoms. The summed E-state index contributed by atoms with van der Waals surface area (Å²) in [4.78, 5) is 12.5. The van der Waals surface area contributed by atoms with E-state index in [4.69, 9.17) is 16.3 Å². The summed E-state index contributed by atoms with van der Waals surface area (Å²) in [5.74, 6) is -0.365. The Morgan fingerprint density at radius 1 is 1.19 bits per heavy atom. The van der Waals surface area contributed by atoms with Crippen LogP contribution in [0.15, 0.2) is 47.4 Å². The van der Waals surface area contributed by atoms with Gasteiger partial charge < -0.3 is 10.1 Å². The average molecular weight is 409 g/mol. The molecule has 2 aromatic carbocycles. The first-order chi connectivity index (χ1) is 12.9. The maximum Gasteiger partial charge on any atom is 0.265 e. The molecule has 0 fully saturated rings. The monoisotopic (exact) mass is 408 g/mol. The highest BCUT2D eigenvalue weighted by molar-refractivity contribution is 7.93. The van der Waals surface area contributed by atoms with E-state index in [0.717, 1.165) is 4.31 Å². The van der Waals surface area contributed by atoms with Gasteiger partial charge in [-0.25, -0.2) is 8.42 Å². The Bertz CT molecular complexity index is 946. The molecular formula is C19H21ClN2O4S. The van der Waals surface area contributed by atoms with E-state index in [-0.39, 0.29) is 17.3 Å². The molecule has 1 aliphatic rings. The Labute approximate surface area is 164 Å². The molecule has 0 unspecified atom stereocenters. The Balaban J connectivity index is 1.86. The SMILES string of the molecule is CCOCCCNC(=O)CN1c2ccc(Cl)cc2-c2ccccc2S1(=O)=O. The van der Waals surface area contributed by atoms with Crippen LogP contribution in [-0.2, 0) is 19.6 Å². The van der Waals surface area contributed by atoms with Crippen LogP contribution in [0.2, 0.25) is 5.02 Å². The van der Waals surface area contributed by atoms with E-state index in [2.05, 4.69) is 5.32 Å². The molecule has 0 saturated heterocycles. The molecule has 0 spiro atoms. The van der Waals surface area contributed by atoms with Crippen LogP contribution in [0.1, 0.15) is 13.3 Å². The number of sulfonamides is 1. The van der Waals surface area contributed by atoms with Crippen molar-refractivity contribution in [3.8, 4) is 11.1 Å². The predicted octanol–water partition coefficient (Wildman–Crippen LogP) is 3.06. The van der Waals surface area contributed by atoms with E-state index in [1.54, 1.807) is 42.5 Å². The zero-order valence-electron chi connectivity index (χ0n) is 14.9. The average Bonchev–Trinajstić information content (AvgIpc) is 2.65. The molecule has 6 nitrogen and oxygen atoms in total. The van der Waals surface area contributed by atoms with E-state index in [0.29, 0.717) is 48.0 Å². The Hall–Kier alpha value is -2.09. The molecule has 1 aliphatic heterocycles. The van der Waals surface area contributed by atoms with Crippen molar-refractivity contribution in [2.24, 2.45) is 0 Å². The lowest BCUT2D eigenvalue weighted by molar-refractivity contribution is -0.119. The second-order valence-corrected chi connectivity index (χ2v) is 8.34. The molecule has 144 valence electrons. The van der Waals surface area contributed by atoms with Gasteiger partial charge in [0, 0.05) is 35.9 Å².